The number of thiophene rings is 1. The van der Waals surface area contributed by atoms with Crippen molar-refractivity contribution < 1.29 is 19.1 Å². The third-order valence-electron chi connectivity index (χ3n) is 3.07. The van der Waals surface area contributed by atoms with Gasteiger partial charge in [-0.25, -0.2) is 0 Å². The third kappa shape index (κ3) is 8.76. The van der Waals surface area contributed by atoms with Crippen LogP contribution in [0.15, 0.2) is 16.8 Å². The van der Waals surface area contributed by atoms with Gasteiger partial charge in [0.15, 0.2) is 12.4 Å². The van der Waals surface area contributed by atoms with Gasteiger partial charge in [0.05, 0.1) is 11.8 Å². The van der Waals surface area contributed by atoms with Crippen molar-refractivity contribution in [3.63, 3.8) is 0 Å². The molecular weight excluding hydrogens is 334 g/mol. The second kappa shape index (κ2) is 11.2. The summed E-state index contributed by atoms with van der Waals surface area (Å²) < 4.78 is 4.65. The van der Waals surface area contributed by atoms with Gasteiger partial charge in [0, 0.05) is 12.7 Å². The van der Waals surface area contributed by atoms with Crippen molar-refractivity contribution in [1.82, 2.24) is 5.32 Å². The summed E-state index contributed by atoms with van der Waals surface area (Å²) in [6.07, 6.45) is 2.42. The molecule has 1 heterocycles. The van der Waals surface area contributed by atoms with Crippen LogP contribution in [0.4, 0.5) is 0 Å². The second-order valence-corrected chi connectivity index (χ2v) is 6.90. The number of hydrogen-bond donors (Lipinski definition) is 1. The molecule has 5 nitrogen and oxygen atoms in total. The molecule has 0 aliphatic heterocycles. The van der Waals surface area contributed by atoms with Gasteiger partial charge in [0.2, 0.25) is 0 Å². The van der Waals surface area contributed by atoms with Crippen molar-refractivity contribution in [2.24, 2.45) is 0 Å². The van der Waals surface area contributed by atoms with Gasteiger partial charge in [-0.3, -0.25) is 14.4 Å². The van der Waals surface area contributed by atoms with E-state index in [-0.39, 0.29) is 12.4 Å². The summed E-state index contributed by atoms with van der Waals surface area (Å²) in [5, 5.41) is 6.75. The Morgan fingerprint density at radius 2 is 2.17 bits per heavy atom. The number of carbonyl (C=O) groups excluding carboxylic acids is 3. The Hall–Kier alpha value is -1.34. The topological polar surface area (TPSA) is 72.5 Å². The lowest BCUT2D eigenvalue weighted by Crippen LogP contribution is -2.43. The first-order chi connectivity index (χ1) is 11.0. The quantitative estimate of drug-likeness (QED) is 0.617. The normalized spacial score (nSPS) is 11.7. The van der Waals surface area contributed by atoms with Crippen molar-refractivity contribution in [2.45, 2.75) is 44.9 Å². The van der Waals surface area contributed by atoms with E-state index in [2.05, 4.69) is 15.4 Å². The number of nitrogens with one attached hydrogen (secondary N) is 1. The summed E-state index contributed by atoms with van der Waals surface area (Å²) in [6, 6.07) is 1.53. The summed E-state index contributed by atoms with van der Waals surface area (Å²) in [4.78, 5) is 34.8. The van der Waals surface area contributed by atoms with Crippen LogP contribution in [0.1, 0.15) is 38.7 Å². The molecule has 23 heavy (non-hydrogen) atoms. The molecule has 1 aromatic heterocycles. The van der Waals surface area contributed by atoms with Crippen LogP contribution in [0.3, 0.4) is 0 Å². The Morgan fingerprint density at radius 1 is 1.39 bits per heavy atom. The first-order valence-corrected chi connectivity index (χ1v) is 9.67. The molecule has 0 fully saturated rings. The maximum absolute atomic E-state index is 12.3. The molecule has 1 atom stereocenters. The number of ether oxygens (including phenoxy) is 1. The highest BCUT2D eigenvalue weighted by Crippen LogP contribution is 2.16. The lowest BCUT2D eigenvalue weighted by molar-refractivity contribution is -0.146. The zero-order valence-corrected chi connectivity index (χ0v) is 15.1. The monoisotopic (exact) mass is 357 g/mol. The Bertz CT molecular complexity index is 502. The number of carbonyl (C=O) groups is 3. The average molecular weight is 357 g/mol. The summed E-state index contributed by atoms with van der Waals surface area (Å²) in [5.74, 6) is 0.213. The Labute approximate surface area is 145 Å². The molecule has 0 saturated carbocycles. The van der Waals surface area contributed by atoms with E-state index in [1.54, 1.807) is 23.1 Å². The van der Waals surface area contributed by atoms with E-state index in [0.717, 1.165) is 18.6 Å². The van der Waals surface area contributed by atoms with Gasteiger partial charge in [-0.1, -0.05) is 19.8 Å². The molecular formula is C16H23NO4S2. The maximum atomic E-state index is 12.3. The fourth-order valence-corrected chi connectivity index (χ4v) is 3.56. The SMILES string of the molecule is CCCC[C@H](NC(=O)COC(C)=O)C(=O)CSCc1ccsc1. The molecule has 0 saturated heterocycles. The highest BCUT2D eigenvalue weighted by molar-refractivity contribution is 7.99. The summed E-state index contributed by atoms with van der Waals surface area (Å²) in [5.41, 5.74) is 1.21. The number of Topliss-reactive ketones (excluding diaryl/α,β-unsaturated/α-hetero) is 1. The minimum absolute atomic E-state index is 0.00912. The van der Waals surface area contributed by atoms with E-state index in [9.17, 15) is 14.4 Å². The number of rotatable bonds is 11. The van der Waals surface area contributed by atoms with Crippen molar-refractivity contribution in [1.29, 1.82) is 0 Å². The number of unbranched alkanes of at least 4 members (excludes halogenated alkanes) is 1. The highest BCUT2D eigenvalue weighted by Gasteiger charge is 2.20. The number of ketones is 1. The summed E-state index contributed by atoms with van der Waals surface area (Å²) in [6.45, 7) is 2.94. The zero-order valence-electron chi connectivity index (χ0n) is 13.5. The van der Waals surface area contributed by atoms with Crippen LogP contribution in [-0.2, 0) is 24.9 Å². The van der Waals surface area contributed by atoms with Crippen molar-refractivity contribution in [2.75, 3.05) is 12.4 Å². The summed E-state index contributed by atoms with van der Waals surface area (Å²) >= 11 is 3.18. The van der Waals surface area contributed by atoms with Crippen LogP contribution in [-0.4, -0.2) is 36.1 Å². The lowest BCUT2D eigenvalue weighted by Gasteiger charge is -2.17. The lowest BCUT2D eigenvalue weighted by atomic mass is 10.1. The molecule has 0 unspecified atom stereocenters. The Balaban J connectivity index is 2.42. The second-order valence-electron chi connectivity index (χ2n) is 5.13. The molecule has 128 valence electrons. The molecule has 1 aromatic rings. The van der Waals surface area contributed by atoms with Gasteiger partial charge in [0.1, 0.15) is 0 Å². The van der Waals surface area contributed by atoms with Gasteiger partial charge >= 0.3 is 5.97 Å². The van der Waals surface area contributed by atoms with Gasteiger partial charge in [-0.15, -0.1) is 11.8 Å². The molecule has 0 spiro atoms. The predicted octanol–water partition coefficient (Wildman–Crippen LogP) is 2.79. The molecule has 1 N–H and O–H groups in total. The standard InChI is InChI=1S/C16H23NO4S2/c1-3-4-5-14(17-16(20)8-21-12(2)18)15(19)11-23-10-13-6-7-22-9-13/h6-7,9,14H,3-5,8,10-11H2,1-2H3,(H,17,20)/t14-/m0/s1. The van der Waals surface area contributed by atoms with Crippen LogP contribution in [0.25, 0.3) is 0 Å². The zero-order chi connectivity index (χ0) is 17.1. The molecule has 0 aliphatic carbocycles. The highest BCUT2D eigenvalue weighted by atomic mass is 32.2. The molecule has 1 rings (SSSR count). The molecule has 0 aromatic carbocycles. The van der Waals surface area contributed by atoms with Crippen LogP contribution in [0.5, 0.6) is 0 Å². The van der Waals surface area contributed by atoms with E-state index >= 15 is 0 Å². The van der Waals surface area contributed by atoms with Crippen LogP contribution < -0.4 is 5.32 Å². The molecule has 0 radical (unpaired) electrons. The van der Waals surface area contributed by atoms with Crippen molar-refractivity contribution in [3.05, 3.63) is 22.4 Å². The van der Waals surface area contributed by atoms with E-state index in [1.165, 1.54) is 12.5 Å². The molecule has 0 aliphatic rings. The van der Waals surface area contributed by atoms with Gasteiger partial charge < -0.3 is 10.1 Å². The first-order valence-electron chi connectivity index (χ1n) is 7.57. The van der Waals surface area contributed by atoms with Crippen LogP contribution in [0, 0.1) is 0 Å². The largest absolute Gasteiger partial charge is 0.456 e. The van der Waals surface area contributed by atoms with Gasteiger partial charge in [-0.05, 0) is 28.8 Å². The van der Waals surface area contributed by atoms with E-state index in [0.29, 0.717) is 12.2 Å². The minimum Gasteiger partial charge on any atom is -0.456 e. The predicted molar refractivity (Wildman–Crippen MR) is 93.6 cm³/mol. The number of thioether (sulfide) groups is 1. The smallest absolute Gasteiger partial charge is 0.303 e. The Morgan fingerprint density at radius 3 is 2.78 bits per heavy atom. The van der Waals surface area contributed by atoms with Crippen molar-refractivity contribution in [3.8, 4) is 0 Å². The van der Waals surface area contributed by atoms with Crippen LogP contribution in [0.2, 0.25) is 0 Å². The first kappa shape index (κ1) is 19.7. The number of esters is 1. The fraction of sp³-hybridized carbons (Fsp3) is 0.562. The van der Waals surface area contributed by atoms with Gasteiger partial charge in [-0.2, -0.15) is 11.3 Å². The third-order valence-corrected chi connectivity index (χ3v) is 4.83. The maximum Gasteiger partial charge on any atom is 0.303 e. The van der Waals surface area contributed by atoms with E-state index < -0.39 is 17.9 Å². The number of hydrogen-bond acceptors (Lipinski definition) is 6. The summed E-state index contributed by atoms with van der Waals surface area (Å²) in [7, 11) is 0. The molecule has 1 amide bonds. The fourth-order valence-electron chi connectivity index (χ4n) is 1.87. The van der Waals surface area contributed by atoms with Crippen LogP contribution >= 0.6 is 23.1 Å². The van der Waals surface area contributed by atoms with E-state index in [4.69, 9.17) is 0 Å². The molecule has 0 bridgehead atoms. The minimum atomic E-state index is -0.511. The van der Waals surface area contributed by atoms with E-state index in [1.807, 2.05) is 18.4 Å². The number of amides is 1. The molecule has 7 heteroatoms. The van der Waals surface area contributed by atoms with Crippen molar-refractivity contribution >= 4 is 40.8 Å². The van der Waals surface area contributed by atoms with Gasteiger partial charge in [0.25, 0.3) is 5.91 Å². The Kier molecular flexibility index (Phi) is 9.63. The average Bonchev–Trinajstić information content (AvgIpc) is 3.02.